The SMILES string of the molecule is CC(C)(C)c1ccc(OCC(=O)Nc2c(Cl)cccc2Cl)c(C(C)(C)C)c1. The van der Waals surface area contributed by atoms with E-state index in [1.54, 1.807) is 18.2 Å². The molecule has 0 aliphatic heterocycles. The lowest BCUT2D eigenvalue weighted by molar-refractivity contribution is -0.118. The number of carbonyl (C=O) groups is 1. The summed E-state index contributed by atoms with van der Waals surface area (Å²) in [7, 11) is 0. The lowest BCUT2D eigenvalue weighted by Crippen LogP contribution is -2.23. The van der Waals surface area contributed by atoms with E-state index in [0.717, 1.165) is 5.56 Å². The molecular weight excluding hydrogens is 381 g/mol. The van der Waals surface area contributed by atoms with E-state index in [1.807, 2.05) is 12.1 Å². The molecule has 27 heavy (non-hydrogen) atoms. The minimum atomic E-state index is -0.315. The Morgan fingerprint density at radius 1 is 0.963 bits per heavy atom. The van der Waals surface area contributed by atoms with Crippen molar-refractivity contribution in [2.24, 2.45) is 0 Å². The molecule has 1 amide bonds. The zero-order chi connectivity index (χ0) is 20.4. The quantitative estimate of drug-likeness (QED) is 0.619. The first-order valence-electron chi connectivity index (χ1n) is 8.91. The van der Waals surface area contributed by atoms with Crippen molar-refractivity contribution >= 4 is 34.8 Å². The van der Waals surface area contributed by atoms with Gasteiger partial charge in [0, 0.05) is 0 Å². The minimum absolute atomic E-state index is 0.0384. The van der Waals surface area contributed by atoms with Crippen LogP contribution in [0.1, 0.15) is 52.7 Å². The highest BCUT2D eigenvalue weighted by molar-refractivity contribution is 6.39. The lowest BCUT2D eigenvalue weighted by Gasteiger charge is -2.27. The number of halogens is 2. The van der Waals surface area contributed by atoms with Gasteiger partial charge in [-0.25, -0.2) is 0 Å². The van der Waals surface area contributed by atoms with Gasteiger partial charge in [0.05, 0.1) is 15.7 Å². The van der Waals surface area contributed by atoms with Gasteiger partial charge in [0.15, 0.2) is 6.61 Å². The van der Waals surface area contributed by atoms with Crippen LogP contribution in [0.2, 0.25) is 10.0 Å². The smallest absolute Gasteiger partial charge is 0.262 e. The summed E-state index contributed by atoms with van der Waals surface area (Å²) in [4.78, 5) is 12.3. The Morgan fingerprint density at radius 3 is 2.07 bits per heavy atom. The molecule has 0 fully saturated rings. The second-order valence-corrected chi connectivity index (χ2v) is 9.46. The molecule has 0 unspecified atom stereocenters. The molecule has 3 nitrogen and oxygen atoms in total. The molecule has 0 spiro atoms. The summed E-state index contributed by atoms with van der Waals surface area (Å²) in [6.45, 7) is 12.8. The normalized spacial score (nSPS) is 12.0. The molecule has 5 heteroatoms. The van der Waals surface area contributed by atoms with Crippen LogP contribution >= 0.6 is 23.2 Å². The van der Waals surface area contributed by atoms with Crippen LogP contribution in [0.15, 0.2) is 36.4 Å². The third-order valence-electron chi connectivity index (χ3n) is 4.24. The number of nitrogens with one attached hydrogen (secondary N) is 1. The molecule has 0 aliphatic carbocycles. The summed E-state index contributed by atoms with van der Waals surface area (Å²) in [5, 5.41) is 3.49. The van der Waals surface area contributed by atoms with Crippen molar-refractivity contribution in [3.8, 4) is 5.75 Å². The average Bonchev–Trinajstić information content (AvgIpc) is 2.54. The maximum atomic E-state index is 12.3. The Kier molecular flexibility index (Phi) is 6.49. The van der Waals surface area contributed by atoms with Gasteiger partial charge in [-0.1, -0.05) is 82.9 Å². The molecule has 0 aliphatic rings. The maximum absolute atomic E-state index is 12.3. The van der Waals surface area contributed by atoms with Gasteiger partial charge in [0.25, 0.3) is 5.91 Å². The standard InChI is InChI=1S/C22H27Cl2NO2/c1-21(2,3)14-10-11-18(15(12-14)22(4,5)6)27-13-19(26)25-20-16(23)8-7-9-17(20)24/h7-12H,13H2,1-6H3,(H,25,26). The first kappa shape index (κ1) is 21.6. The Hall–Kier alpha value is -1.71. The lowest BCUT2D eigenvalue weighted by atomic mass is 9.80. The average molecular weight is 408 g/mol. The number of amides is 1. The van der Waals surface area contributed by atoms with Gasteiger partial charge < -0.3 is 10.1 Å². The van der Waals surface area contributed by atoms with Crippen LogP contribution in [-0.4, -0.2) is 12.5 Å². The number of anilines is 1. The first-order chi connectivity index (χ1) is 12.4. The Morgan fingerprint density at radius 2 is 1.56 bits per heavy atom. The van der Waals surface area contributed by atoms with Crippen molar-refractivity contribution < 1.29 is 9.53 Å². The van der Waals surface area contributed by atoms with Crippen LogP contribution in [0.5, 0.6) is 5.75 Å². The van der Waals surface area contributed by atoms with Crippen LogP contribution in [0.3, 0.4) is 0 Å². The molecule has 146 valence electrons. The summed E-state index contributed by atoms with van der Waals surface area (Å²) in [5.74, 6) is 0.390. The minimum Gasteiger partial charge on any atom is -0.483 e. The van der Waals surface area contributed by atoms with Crippen LogP contribution in [0.4, 0.5) is 5.69 Å². The number of rotatable bonds is 4. The monoisotopic (exact) mass is 407 g/mol. The number of hydrogen-bond donors (Lipinski definition) is 1. The number of carbonyl (C=O) groups excluding carboxylic acids is 1. The third kappa shape index (κ3) is 5.63. The van der Waals surface area contributed by atoms with Gasteiger partial charge in [-0.05, 0) is 40.2 Å². The fourth-order valence-corrected chi connectivity index (χ4v) is 3.14. The van der Waals surface area contributed by atoms with Gasteiger partial charge in [-0.15, -0.1) is 0 Å². The van der Waals surface area contributed by atoms with Crippen molar-refractivity contribution in [1.29, 1.82) is 0 Å². The maximum Gasteiger partial charge on any atom is 0.262 e. The van der Waals surface area contributed by atoms with Crippen molar-refractivity contribution in [1.82, 2.24) is 0 Å². The molecule has 0 heterocycles. The van der Waals surface area contributed by atoms with E-state index in [4.69, 9.17) is 27.9 Å². The Bertz CT molecular complexity index is 813. The topological polar surface area (TPSA) is 38.3 Å². The van der Waals surface area contributed by atoms with Crippen molar-refractivity contribution in [3.63, 3.8) is 0 Å². The summed E-state index contributed by atoms with van der Waals surface area (Å²) in [5.41, 5.74) is 2.62. The highest BCUT2D eigenvalue weighted by Gasteiger charge is 2.23. The fraction of sp³-hybridized carbons (Fsp3) is 0.409. The van der Waals surface area contributed by atoms with Crippen molar-refractivity contribution in [3.05, 3.63) is 57.6 Å². The zero-order valence-electron chi connectivity index (χ0n) is 16.7. The first-order valence-corrected chi connectivity index (χ1v) is 9.67. The molecule has 0 radical (unpaired) electrons. The van der Waals surface area contributed by atoms with E-state index in [1.165, 1.54) is 5.56 Å². The zero-order valence-corrected chi connectivity index (χ0v) is 18.3. The number of para-hydroxylation sites is 1. The third-order valence-corrected chi connectivity index (χ3v) is 4.87. The van der Waals surface area contributed by atoms with E-state index >= 15 is 0 Å². The Labute approximate surface area is 172 Å². The molecule has 0 aromatic heterocycles. The summed E-state index contributed by atoms with van der Waals surface area (Å²) >= 11 is 12.2. The van der Waals surface area contributed by atoms with E-state index in [2.05, 4.69) is 52.9 Å². The fourth-order valence-electron chi connectivity index (χ4n) is 2.64. The second-order valence-electron chi connectivity index (χ2n) is 8.64. The van der Waals surface area contributed by atoms with Gasteiger partial charge in [-0.2, -0.15) is 0 Å². The summed E-state index contributed by atoms with van der Waals surface area (Å²) in [6, 6.07) is 11.2. The molecule has 2 rings (SSSR count). The highest BCUT2D eigenvalue weighted by atomic mass is 35.5. The van der Waals surface area contributed by atoms with Gasteiger partial charge >= 0.3 is 0 Å². The molecule has 0 saturated heterocycles. The predicted molar refractivity (Wildman–Crippen MR) is 114 cm³/mol. The van der Waals surface area contributed by atoms with Gasteiger partial charge in [0.1, 0.15) is 5.75 Å². The predicted octanol–water partition coefficient (Wildman–Crippen LogP) is 6.61. The second kappa shape index (κ2) is 8.12. The van der Waals surface area contributed by atoms with E-state index in [-0.39, 0.29) is 23.3 Å². The van der Waals surface area contributed by atoms with E-state index in [9.17, 15) is 4.79 Å². The van der Waals surface area contributed by atoms with Crippen molar-refractivity contribution in [2.45, 2.75) is 52.4 Å². The van der Waals surface area contributed by atoms with Crippen LogP contribution in [0, 0.1) is 0 Å². The van der Waals surface area contributed by atoms with Crippen molar-refractivity contribution in [2.75, 3.05) is 11.9 Å². The molecular formula is C22H27Cl2NO2. The van der Waals surface area contributed by atoms with Gasteiger partial charge in [0.2, 0.25) is 0 Å². The number of hydrogen-bond acceptors (Lipinski definition) is 2. The molecule has 1 N–H and O–H groups in total. The van der Waals surface area contributed by atoms with Crippen LogP contribution < -0.4 is 10.1 Å². The van der Waals surface area contributed by atoms with Crippen LogP contribution in [0.25, 0.3) is 0 Å². The largest absolute Gasteiger partial charge is 0.483 e. The molecule has 0 atom stereocenters. The summed E-state index contributed by atoms with van der Waals surface area (Å²) < 4.78 is 5.85. The van der Waals surface area contributed by atoms with Gasteiger partial charge in [-0.3, -0.25) is 4.79 Å². The van der Waals surface area contributed by atoms with E-state index in [0.29, 0.717) is 21.5 Å². The molecule has 2 aromatic carbocycles. The number of ether oxygens (including phenoxy) is 1. The molecule has 0 bridgehead atoms. The highest BCUT2D eigenvalue weighted by Crippen LogP contribution is 2.35. The number of benzene rings is 2. The van der Waals surface area contributed by atoms with E-state index < -0.39 is 0 Å². The molecule has 2 aromatic rings. The summed E-state index contributed by atoms with van der Waals surface area (Å²) in [6.07, 6.45) is 0. The molecule has 0 saturated carbocycles. The Balaban J connectivity index is 2.18. The van der Waals surface area contributed by atoms with Crippen LogP contribution in [-0.2, 0) is 15.6 Å².